The summed E-state index contributed by atoms with van der Waals surface area (Å²) < 4.78 is 40.1. The number of alkyl halides is 4. The molecule has 0 radical (unpaired) electrons. The van der Waals surface area contributed by atoms with Gasteiger partial charge in [-0.3, -0.25) is 9.69 Å². The third-order valence-corrected chi connectivity index (χ3v) is 4.05. The minimum atomic E-state index is -4.45. The molecule has 0 aliphatic carbocycles. The van der Waals surface area contributed by atoms with Gasteiger partial charge in [0.1, 0.15) is 10.9 Å². The van der Waals surface area contributed by atoms with Crippen LogP contribution in [0.15, 0.2) is 36.5 Å². The molecule has 1 aliphatic heterocycles. The van der Waals surface area contributed by atoms with Crippen LogP contribution in [-0.2, 0) is 11.0 Å². The minimum absolute atomic E-state index is 0.141. The number of halogens is 5. The number of fused-ring (bicyclic) bond motifs is 1. The van der Waals surface area contributed by atoms with E-state index < -0.39 is 11.7 Å². The van der Waals surface area contributed by atoms with Crippen molar-refractivity contribution in [3.63, 3.8) is 0 Å². The Morgan fingerprint density at radius 3 is 2.75 bits per heavy atom. The van der Waals surface area contributed by atoms with Crippen molar-refractivity contribution in [2.45, 2.75) is 6.18 Å². The van der Waals surface area contributed by atoms with Crippen molar-refractivity contribution >= 4 is 40.6 Å². The van der Waals surface area contributed by atoms with E-state index in [1.54, 1.807) is 12.1 Å². The Hall–Kier alpha value is -1.99. The van der Waals surface area contributed by atoms with Gasteiger partial charge in [-0.25, -0.2) is 4.68 Å². The molecule has 2 heterocycles. The fraction of sp³-hybridized carbons (Fsp3) is 0.200. The maximum Gasteiger partial charge on any atom is 0.416 e. The quantitative estimate of drug-likeness (QED) is 0.743. The summed E-state index contributed by atoms with van der Waals surface area (Å²) in [7, 11) is 0. The lowest BCUT2D eigenvalue weighted by atomic mass is 10.1. The van der Waals surface area contributed by atoms with Gasteiger partial charge < -0.3 is 0 Å². The van der Waals surface area contributed by atoms with E-state index >= 15 is 0 Å². The number of hydrogen-bond acceptors (Lipinski definition) is 2. The van der Waals surface area contributed by atoms with Crippen molar-refractivity contribution < 1.29 is 18.0 Å². The number of nitrogens with zero attached hydrogens (tertiary/aromatic N) is 3. The van der Waals surface area contributed by atoms with Gasteiger partial charge in [0.25, 0.3) is 0 Å². The third-order valence-electron chi connectivity index (χ3n) is 3.55. The topological polar surface area (TPSA) is 38.1 Å². The summed E-state index contributed by atoms with van der Waals surface area (Å²) in [5.41, 5.74) is -0.0228. The highest BCUT2D eigenvalue weighted by molar-refractivity contribution is 6.35. The minimum Gasteiger partial charge on any atom is -0.290 e. The summed E-state index contributed by atoms with van der Waals surface area (Å²) in [6.07, 6.45) is -1.51. The highest BCUT2D eigenvalue weighted by Crippen LogP contribution is 2.36. The molecule has 0 fully saturated rings. The van der Waals surface area contributed by atoms with Crippen molar-refractivity contribution in [2.75, 3.05) is 17.3 Å². The van der Waals surface area contributed by atoms with Crippen LogP contribution in [0.1, 0.15) is 11.1 Å². The predicted octanol–water partition coefficient (Wildman–Crippen LogP) is 4.03. The molecule has 1 aromatic heterocycles. The first-order chi connectivity index (χ1) is 11.3. The van der Waals surface area contributed by atoms with E-state index in [0.29, 0.717) is 11.3 Å². The molecule has 0 N–H and O–H groups in total. The molecule has 4 nitrogen and oxygen atoms in total. The van der Waals surface area contributed by atoms with Gasteiger partial charge in [-0.1, -0.05) is 23.7 Å². The lowest BCUT2D eigenvalue weighted by Gasteiger charge is -2.27. The Balaban J connectivity index is 2.08. The van der Waals surface area contributed by atoms with Crippen LogP contribution in [0.3, 0.4) is 0 Å². The van der Waals surface area contributed by atoms with E-state index in [1.165, 1.54) is 21.8 Å². The number of amides is 1. The van der Waals surface area contributed by atoms with E-state index in [4.69, 9.17) is 23.2 Å². The van der Waals surface area contributed by atoms with Gasteiger partial charge in [0.15, 0.2) is 5.82 Å². The van der Waals surface area contributed by atoms with Gasteiger partial charge >= 0.3 is 6.18 Å². The summed E-state index contributed by atoms with van der Waals surface area (Å²) in [5, 5.41) is 4.29. The summed E-state index contributed by atoms with van der Waals surface area (Å²) in [6, 6.07) is 4.89. The van der Waals surface area contributed by atoms with Crippen LogP contribution < -0.4 is 4.90 Å². The average molecular weight is 376 g/mol. The zero-order valence-electron chi connectivity index (χ0n) is 12.0. The van der Waals surface area contributed by atoms with Crippen LogP contribution in [0.25, 0.3) is 5.70 Å². The van der Waals surface area contributed by atoms with E-state index in [2.05, 4.69) is 5.10 Å². The molecule has 1 aromatic carbocycles. The summed E-state index contributed by atoms with van der Waals surface area (Å²) in [6.45, 7) is 0.141. The van der Waals surface area contributed by atoms with Crippen molar-refractivity contribution in [1.29, 1.82) is 0 Å². The molecule has 9 heteroatoms. The molecule has 1 aliphatic rings. The first-order valence-corrected chi connectivity index (χ1v) is 7.72. The number of carbonyl (C=O) groups excluding carboxylic acids is 1. The number of carbonyl (C=O) groups is 1. The first kappa shape index (κ1) is 16.9. The molecule has 0 saturated heterocycles. The Morgan fingerprint density at radius 1 is 1.33 bits per heavy atom. The average Bonchev–Trinajstić information content (AvgIpc) is 2.95. The summed E-state index contributed by atoms with van der Waals surface area (Å²) in [5.74, 6) is -0.328. The molecule has 0 bridgehead atoms. The van der Waals surface area contributed by atoms with Crippen molar-refractivity contribution in [3.8, 4) is 0 Å². The summed E-state index contributed by atoms with van der Waals surface area (Å²) in [4.78, 5) is 13.3. The predicted molar refractivity (Wildman–Crippen MR) is 85.1 cm³/mol. The molecule has 0 spiro atoms. The van der Waals surface area contributed by atoms with Crippen LogP contribution >= 0.6 is 23.2 Å². The van der Waals surface area contributed by atoms with Crippen LogP contribution in [0.4, 0.5) is 19.0 Å². The van der Waals surface area contributed by atoms with Crippen LogP contribution in [-0.4, -0.2) is 28.1 Å². The van der Waals surface area contributed by atoms with Gasteiger partial charge in [-0.05, 0) is 18.2 Å². The Bertz CT molecular complexity index is 830. The Kier molecular flexibility index (Phi) is 4.31. The van der Waals surface area contributed by atoms with E-state index in [9.17, 15) is 18.0 Å². The van der Waals surface area contributed by atoms with Crippen LogP contribution in [0.5, 0.6) is 0 Å². The molecule has 3 rings (SSSR count). The molecule has 0 atom stereocenters. The van der Waals surface area contributed by atoms with E-state index in [1.807, 2.05) is 0 Å². The van der Waals surface area contributed by atoms with Crippen molar-refractivity contribution in [1.82, 2.24) is 9.78 Å². The van der Waals surface area contributed by atoms with Gasteiger partial charge in [0, 0.05) is 12.1 Å². The normalized spacial score (nSPS) is 14.4. The number of benzene rings is 1. The molecular formula is C15H10Cl2F3N3O. The maximum absolute atomic E-state index is 12.9. The number of hydrogen-bond donors (Lipinski definition) is 0. The molecule has 126 valence electrons. The second-order valence-corrected chi connectivity index (χ2v) is 5.71. The SMILES string of the molecule is O=C(CCl)N1CC=C(c2cccc(C(F)(F)F)c2)n2ncc(Cl)c21. The largest absolute Gasteiger partial charge is 0.416 e. The highest BCUT2D eigenvalue weighted by Gasteiger charge is 2.32. The summed E-state index contributed by atoms with van der Waals surface area (Å²) >= 11 is 11.7. The molecular weight excluding hydrogens is 366 g/mol. The van der Waals surface area contributed by atoms with Crippen LogP contribution in [0, 0.1) is 0 Å². The lowest BCUT2D eigenvalue weighted by molar-refractivity contribution is -0.137. The molecule has 2 aromatic rings. The Labute approximate surface area is 145 Å². The maximum atomic E-state index is 12.9. The standard InChI is InChI=1S/C15H10Cl2F3N3O/c16-7-13(24)22-5-4-12(23-14(22)11(17)8-21-23)9-2-1-3-10(6-9)15(18,19)20/h1-4,6,8H,5,7H2. The third kappa shape index (κ3) is 2.89. The lowest BCUT2D eigenvalue weighted by Crippen LogP contribution is -2.36. The zero-order valence-corrected chi connectivity index (χ0v) is 13.5. The fourth-order valence-electron chi connectivity index (χ4n) is 2.48. The second kappa shape index (κ2) is 6.14. The van der Waals surface area contributed by atoms with E-state index in [-0.39, 0.29) is 29.2 Å². The number of aromatic nitrogens is 2. The number of rotatable bonds is 2. The monoisotopic (exact) mass is 375 g/mol. The molecule has 0 unspecified atom stereocenters. The van der Waals surface area contributed by atoms with Gasteiger partial charge in [0.2, 0.25) is 5.91 Å². The molecule has 0 saturated carbocycles. The van der Waals surface area contributed by atoms with Crippen molar-refractivity contribution in [2.24, 2.45) is 0 Å². The second-order valence-electron chi connectivity index (χ2n) is 5.03. The zero-order chi connectivity index (χ0) is 17.5. The fourth-order valence-corrected chi connectivity index (χ4v) is 2.85. The number of anilines is 1. The Morgan fingerprint density at radius 2 is 2.08 bits per heavy atom. The highest BCUT2D eigenvalue weighted by atomic mass is 35.5. The first-order valence-electron chi connectivity index (χ1n) is 6.81. The molecule has 1 amide bonds. The van der Waals surface area contributed by atoms with Crippen molar-refractivity contribution in [3.05, 3.63) is 52.7 Å². The smallest absolute Gasteiger partial charge is 0.290 e. The molecule has 24 heavy (non-hydrogen) atoms. The van der Waals surface area contributed by atoms with Gasteiger partial charge in [-0.15, -0.1) is 11.6 Å². The van der Waals surface area contributed by atoms with Gasteiger partial charge in [-0.2, -0.15) is 18.3 Å². The van der Waals surface area contributed by atoms with E-state index in [0.717, 1.165) is 12.1 Å². The van der Waals surface area contributed by atoms with Gasteiger partial charge in [0.05, 0.1) is 17.5 Å². The van der Waals surface area contributed by atoms with Crippen LogP contribution in [0.2, 0.25) is 5.02 Å².